The molecular formula is C53H85N3O17. The Morgan fingerprint density at radius 2 is 1.32 bits per heavy atom. The zero-order valence-electron chi connectivity index (χ0n) is 42.7. The Morgan fingerprint density at radius 1 is 0.712 bits per heavy atom. The van der Waals surface area contributed by atoms with E-state index in [1.54, 1.807) is 63.3 Å². The highest BCUT2D eigenvalue weighted by atomic mass is 16.7. The summed E-state index contributed by atoms with van der Waals surface area (Å²) in [6.45, 7) is 10.0. The molecule has 4 heterocycles. The molecule has 0 unspecified atom stereocenters. The molecule has 20 heteroatoms. The second-order valence-corrected chi connectivity index (χ2v) is 20.0. The Kier molecular flexibility index (Phi) is 26.8. The first-order chi connectivity index (χ1) is 34.7. The first-order valence-electron chi connectivity index (χ1n) is 25.7. The largest absolute Gasteiger partial charge is 0.462 e. The summed E-state index contributed by atoms with van der Waals surface area (Å²) in [5.41, 5.74) is 6.13. The van der Waals surface area contributed by atoms with E-state index < -0.39 is 147 Å². The molecule has 4 rings (SSSR count). The molecule has 4 aliphatic rings. The maximum atomic E-state index is 14.0. The average Bonchev–Trinajstić information content (AvgIpc) is 3.33. The van der Waals surface area contributed by atoms with E-state index in [0.29, 0.717) is 32.8 Å². The monoisotopic (exact) mass is 1040 g/mol. The fourth-order valence-corrected chi connectivity index (χ4v) is 9.27. The van der Waals surface area contributed by atoms with Gasteiger partial charge in [0.1, 0.15) is 12.2 Å². The van der Waals surface area contributed by atoms with Crippen molar-refractivity contribution >= 4 is 11.9 Å². The highest BCUT2D eigenvalue weighted by molar-refractivity contribution is 5.80. The van der Waals surface area contributed by atoms with E-state index in [9.17, 15) is 60.7 Å². The van der Waals surface area contributed by atoms with Crippen molar-refractivity contribution in [2.75, 3.05) is 39.4 Å². The molecule has 0 radical (unpaired) electrons. The maximum Gasteiger partial charge on any atom is 0.308 e. The lowest BCUT2D eigenvalue weighted by Gasteiger charge is -2.46. The molecule has 414 valence electrons. The number of esters is 1. The first kappa shape index (κ1) is 62.0. The molecule has 0 spiro atoms. The van der Waals surface area contributed by atoms with Crippen LogP contribution in [0.4, 0.5) is 0 Å². The molecule has 73 heavy (non-hydrogen) atoms. The SMILES string of the molecule is C[C@@H]1[C@H](O)[C@@H](C)C=CC=CC=CC=CC=CC=CC=C[C@H](O[C@@H]2O[C@H](C)[C@@H](O)[C@H](N)[C@@H]2O)C[C@@H]2O[C@](O)(C[C@@H](O)C[C@@H](O)[C@H](O)CC[C@@H](O)C[C@@H](O)CC(=O)O[C@H]1C)C[C@H](O)[C@H]2C(=O)NCCN1CCOCC1. The number of hydrogen-bond acceptors (Lipinski definition) is 19. The van der Waals surface area contributed by atoms with E-state index in [-0.39, 0.29) is 38.1 Å². The van der Waals surface area contributed by atoms with Gasteiger partial charge in [-0.3, -0.25) is 14.5 Å². The number of nitrogens with zero attached hydrogens (tertiary/aromatic N) is 1. The van der Waals surface area contributed by atoms with Crippen molar-refractivity contribution in [1.29, 1.82) is 0 Å². The van der Waals surface area contributed by atoms with Gasteiger partial charge in [0.2, 0.25) is 5.91 Å². The summed E-state index contributed by atoms with van der Waals surface area (Å²) in [6, 6.07) is -1.13. The van der Waals surface area contributed by atoms with Gasteiger partial charge in [0.25, 0.3) is 0 Å². The summed E-state index contributed by atoms with van der Waals surface area (Å²) < 4.78 is 29.3. The van der Waals surface area contributed by atoms with Crippen LogP contribution < -0.4 is 11.1 Å². The zero-order chi connectivity index (χ0) is 53.7. The van der Waals surface area contributed by atoms with E-state index in [0.717, 1.165) is 0 Å². The normalized spacial score (nSPS) is 40.2. The number of nitrogens with one attached hydrogen (secondary N) is 1. The van der Waals surface area contributed by atoms with Crippen LogP contribution >= 0.6 is 0 Å². The predicted octanol–water partition coefficient (Wildman–Crippen LogP) is 0.0755. The topological polar surface area (TPSA) is 324 Å². The number of aliphatic hydroxyl groups excluding tert-OH is 9. The van der Waals surface area contributed by atoms with Gasteiger partial charge in [-0.1, -0.05) is 98.9 Å². The standard InChI is InChI=1S/C53H85N3O17/c1-33-17-15-13-11-9-7-5-6-8-10-12-14-16-18-40(72-52-50(66)47(54)49(65)36(4)71-52)30-44-46(51(67)55-21-22-56-23-25-69-26-24-56)43(62)32-53(68,73-44)31-39(59)28-42(61)41(60)20-19-37(57)27-38(58)29-45(63)70-35(3)34(2)48(33)64/h5-18,33-44,46-50,52,57-62,64-66,68H,19-32,54H2,1-4H3,(H,55,67)/t33-,34-,35-,36+,37+,38+,39-,40-,41+,42+,43-,44-,46+,47-,48+,49+,50-,52-,53+/m0/s1. The van der Waals surface area contributed by atoms with Crippen molar-refractivity contribution in [2.45, 2.75) is 177 Å². The molecule has 13 N–H and O–H groups in total. The number of allylic oxidation sites excluding steroid dienone is 12. The highest BCUT2D eigenvalue weighted by Gasteiger charge is 2.51. The smallest absolute Gasteiger partial charge is 0.308 e. The number of fused-ring (bicyclic) bond motifs is 2. The van der Waals surface area contributed by atoms with Gasteiger partial charge in [0, 0.05) is 63.7 Å². The van der Waals surface area contributed by atoms with Crippen LogP contribution in [-0.2, 0) is 33.3 Å². The van der Waals surface area contributed by atoms with Crippen molar-refractivity contribution in [3.05, 3.63) is 85.1 Å². The van der Waals surface area contributed by atoms with Gasteiger partial charge >= 0.3 is 5.97 Å². The van der Waals surface area contributed by atoms with Gasteiger partial charge in [0.15, 0.2) is 12.1 Å². The number of morpholine rings is 1. The predicted molar refractivity (Wildman–Crippen MR) is 270 cm³/mol. The lowest BCUT2D eigenvalue weighted by molar-refractivity contribution is -0.307. The van der Waals surface area contributed by atoms with Crippen LogP contribution in [0.3, 0.4) is 0 Å². The number of cyclic esters (lactones) is 1. The summed E-state index contributed by atoms with van der Waals surface area (Å²) in [5.74, 6) is -5.57. The Hall–Kier alpha value is -3.52. The first-order valence-corrected chi connectivity index (χ1v) is 25.7. The number of hydrogen-bond donors (Lipinski definition) is 12. The molecule has 3 saturated heterocycles. The molecule has 20 nitrogen and oxygen atoms in total. The molecule has 0 aromatic carbocycles. The van der Waals surface area contributed by atoms with Gasteiger partial charge in [-0.05, 0) is 33.1 Å². The van der Waals surface area contributed by atoms with Crippen LogP contribution in [0.1, 0.15) is 79.1 Å². The van der Waals surface area contributed by atoms with E-state index in [1.165, 1.54) is 0 Å². The number of aliphatic hydroxyl groups is 10. The van der Waals surface area contributed by atoms with Crippen LogP contribution in [0.15, 0.2) is 85.1 Å². The molecule has 3 fully saturated rings. The third-order valence-corrected chi connectivity index (χ3v) is 13.9. The van der Waals surface area contributed by atoms with Gasteiger partial charge in [-0.2, -0.15) is 0 Å². The van der Waals surface area contributed by atoms with E-state index in [1.807, 2.05) is 49.5 Å². The number of nitrogens with two attached hydrogens (primary N) is 1. The quantitative estimate of drug-likeness (QED) is 0.157. The van der Waals surface area contributed by atoms with Gasteiger partial charge < -0.3 is 85.8 Å². The lowest BCUT2D eigenvalue weighted by atomic mass is 9.82. The number of amides is 1. The van der Waals surface area contributed by atoms with Crippen LogP contribution in [0.2, 0.25) is 0 Å². The van der Waals surface area contributed by atoms with E-state index in [2.05, 4.69) is 10.2 Å². The Bertz CT molecular complexity index is 1860. The van der Waals surface area contributed by atoms with Crippen molar-refractivity contribution in [2.24, 2.45) is 23.5 Å². The van der Waals surface area contributed by atoms with Crippen molar-refractivity contribution in [1.82, 2.24) is 10.2 Å². The third-order valence-electron chi connectivity index (χ3n) is 13.9. The molecule has 2 bridgehead atoms. The van der Waals surface area contributed by atoms with E-state index >= 15 is 0 Å². The molecular weight excluding hydrogens is 951 g/mol. The second-order valence-electron chi connectivity index (χ2n) is 20.0. The minimum Gasteiger partial charge on any atom is -0.462 e. The van der Waals surface area contributed by atoms with Crippen LogP contribution in [0, 0.1) is 17.8 Å². The summed E-state index contributed by atoms with van der Waals surface area (Å²) in [7, 11) is 0. The molecule has 0 aromatic rings. The molecule has 4 aliphatic heterocycles. The fraction of sp³-hybridized carbons (Fsp3) is 0.698. The van der Waals surface area contributed by atoms with Gasteiger partial charge in [-0.25, -0.2) is 0 Å². The van der Waals surface area contributed by atoms with Gasteiger partial charge in [-0.15, -0.1) is 0 Å². The Morgan fingerprint density at radius 3 is 1.95 bits per heavy atom. The van der Waals surface area contributed by atoms with Gasteiger partial charge in [0.05, 0.1) is 98.7 Å². The fourth-order valence-electron chi connectivity index (χ4n) is 9.27. The summed E-state index contributed by atoms with van der Waals surface area (Å²) in [4.78, 5) is 28.8. The molecule has 19 atom stereocenters. The Balaban J connectivity index is 1.59. The third kappa shape index (κ3) is 21.2. The van der Waals surface area contributed by atoms with Crippen LogP contribution in [0.5, 0.6) is 0 Å². The van der Waals surface area contributed by atoms with Crippen molar-refractivity contribution in [3.63, 3.8) is 0 Å². The number of rotatable bonds is 6. The minimum absolute atomic E-state index is 0.0939. The summed E-state index contributed by atoms with van der Waals surface area (Å²) in [6.07, 6.45) is 4.85. The van der Waals surface area contributed by atoms with E-state index in [4.69, 9.17) is 29.4 Å². The second kappa shape index (κ2) is 31.5. The molecule has 1 amide bonds. The minimum atomic E-state index is -2.27. The molecule has 0 aliphatic carbocycles. The van der Waals surface area contributed by atoms with Crippen LogP contribution in [0.25, 0.3) is 0 Å². The lowest BCUT2D eigenvalue weighted by Crippen LogP contribution is -2.62. The Labute approximate surface area is 429 Å². The van der Waals surface area contributed by atoms with Crippen molar-refractivity contribution < 1.29 is 84.3 Å². The average molecular weight is 1040 g/mol. The highest BCUT2D eigenvalue weighted by Crippen LogP contribution is 2.38. The molecule has 0 aromatic heterocycles. The zero-order valence-corrected chi connectivity index (χ0v) is 42.7. The maximum absolute atomic E-state index is 14.0. The summed E-state index contributed by atoms with van der Waals surface area (Å²) in [5, 5.41) is 113. The molecule has 0 saturated carbocycles. The van der Waals surface area contributed by atoms with Crippen molar-refractivity contribution in [3.8, 4) is 0 Å². The van der Waals surface area contributed by atoms with Crippen LogP contribution in [-0.4, -0.2) is 205 Å². The number of carbonyl (C=O) groups is 2. The summed E-state index contributed by atoms with van der Waals surface area (Å²) >= 11 is 0. The number of ether oxygens (including phenoxy) is 5. The number of carbonyl (C=O) groups excluding carboxylic acids is 2.